The van der Waals surface area contributed by atoms with Crippen LogP contribution in [0.2, 0.25) is 0 Å². The molecule has 2 aromatic rings. The fourth-order valence-corrected chi connectivity index (χ4v) is 3.06. The van der Waals surface area contributed by atoms with Gasteiger partial charge in [0.25, 0.3) is 11.6 Å². The van der Waals surface area contributed by atoms with Crippen molar-refractivity contribution in [2.24, 2.45) is 0 Å². The molecule has 144 valence electrons. The number of ether oxygens (including phenoxy) is 2. The van der Waals surface area contributed by atoms with Crippen molar-refractivity contribution in [1.29, 1.82) is 0 Å². The summed E-state index contributed by atoms with van der Waals surface area (Å²) in [6.45, 7) is 8.33. The Kier molecular flexibility index (Phi) is 6.39. The second-order valence-electron chi connectivity index (χ2n) is 6.27. The van der Waals surface area contributed by atoms with Crippen molar-refractivity contribution in [3.05, 3.63) is 62.2 Å². The molecule has 0 saturated carbocycles. The lowest BCUT2D eigenvalue weighted by Gasteiger charge is -2.14. The van der Waals surface area contributed by atoms with E-state index in [0.29, 0.717) is 6.61 Å². The number of aryl methyl sites for hydroxylation is 3. The maximum absolute atomic E-state index is 12.7. The summed E-state index contributed by atoms with van der Waals surface area (Å²) in [6.07, 6.45) is 0. The van der Waals surface area contributed by atoms with Crippen molar-refractivity contribution in [2.45, 2.75) is 34.2 Å². The van der Waals surface area contributed by atoms with E-state index in [1.54, 1.807) is 6.92 Å². The van der Waals surface area contributed by atoms with Crippen LogP contribution >= 0.6 is 0 Å². The summed E-state index contributed by atoms with van der Waals surface area (Å²) in [5.74, 6) is -0.0359. The van der Waals surface area contributed by atoms with Gasteiger partial charge in [-0.1, -0.05) is 17.7 Å². The summed E-state index contributed by atoms with van der Waals surface area (Å²) in [4.78, 5) is 23.5. The largest absolute Gasteiger partial charge is 0.493 e. The van der Waals surface area contributed by atoms with Crippen LogP contribution in [0.4, 0.5) is 5.69 Å². The van der Waals surface area contributed by atoms with E-state index in [9.17, 15) is 14.9 Å². The third-order valence-corrected chi connectivity index (χ3v) is 4.29. The van der Waals surface area contributed by atoms with Gasteiger partial charge in [-0.3, -0.25) is 14.9 Å². The number of nitrogens with one attached hydrogen (secondary N) is 1. The topological polar surface area (TPSA) is 90.7 Å². The lowest BCUT2D eigenvalue weighted by Crippen LogP contribution is -2.24. The fraction of sp³-hybridized carbons (Fsp3) is 0.350. The van der Waals surface area contributed by atoms with Crippen LogP contribution in [0.1, 0.15) is 39.5 Å². The van der Waals surface area contributed by atoms with Crippen LogP contribution in [0.15, 0.2) is 24.3 Å². The third kappa shape index (κ3) is 4.55. The highest BCUT2D eigenvalue weighted by atomic mass is 16.6. The Morgan fingerprint density at radius 2 is 1.74 bits per heavy atom. The molecule has 7 heteroatoms. The maximum atomic E-state index is 12.7. The van der Waals surface area contributed by atoms with E-state index >= 15 is 0 Å². The summed E-state index contributed by atoms with van der Waals surface area (Å²) < 4.78 is 10.6. The van der Waals surface area contributed by atoms with Crippen LogP contribution in [0.5, 0.6) is 11.5 Å². The second kappa shape index (κ2) is 8.53. The van der Waals surface area contributed by atoms with E-state index in [1.807, 2.05) is 32.9 Å². The predicted molar refractivity (Wildman–Crippen MR) is 103 cm³/mol. The number of rotatable bonds is 7. The molecule has 2 rings (SSSR count). The van der Waals surface area contributed by atoms with Gasteiger partial charge in [-0.2, -0.15) is 0 Å². The molecule has 27 heavy (non-hydrogen) atoms. The number of nitro groups is 1. The highest BCUT2D eigenvalue weighted by Crippen LogP contribution is 2.34. The van der Waals surface area contributed by atoms with E-state index in [2.05, 4.69) is 5.32 Å². The minimum atomic E-state index is -0.598. The first-order valence-corrected chi connectivity index (χ1v) is 8.62. The van der Waals surface area contributed by atoms with Gasteiger partial charge in [0.1, 0.15) is 5.56 Å². The average molecular weight is 372 g/mol. The van der Waals surface area contributed by atoms with Crippen molar-refractivity contribution in [3.8, 4) is 11.5 Å². The van der Waals surface area contributed by atoms with Gasteiger partial charge in [-0.15, -0.1) is 0 Å². The van der Waals surface area contributed by atoms with E-state index < -0.39 is 10.8 Å². The van der Waals surface area contributed by atoms with Crippen molar-refractivity contribution >= 4 is 11.6 Å². The highest BCUT2D eigenvalue weighted by molar-refractivity contribution is 5.99. The van der Waals surface area contributed by atoms with Crippen LogP contribution in [0, 0.1) is 30.9 Å². The van der Waals surface area contributed by atoms with Crippen LogP contribution < -0.4 is 14.8 Å². The molecule has 0 spiro atoms. The quantitative estimate of drug-likeness (QED) is 0.589. The maximum Gasteiger partial charge on any atom is 0.286 e. The predicted octanol–water partition coefficient (Wildman–Crippen LogP) is 3.86. The highest BCUT2D eigenvalue weighted by Gasteiger charge is 2.24. The van der Waals surface area contributed by atoms with E-state index in [4.69, 9.17) is 9.47 Å². The van der Waals surface area contributed by atoms with Crippen LogP contribution in [0.3, 0.4) is 0 Å². The number of amides is 1. The molecule has 0 aliphatic carbocycles. The number of hydrogen-bond donors (Lipinski definition) is 1. The van der Waals surface area contributed by atoms with Crippen molar-refractivity contribution in [3.63, 3.8) is 0 Å². The van der Waals surface area contributed by atoms with Gasteiger partial charge >= 0.3 is 0 Å². The first-order valence-electron chi connectivity index (χ1n) is 8.62. The number of nitro benzene ring substituents is 1. The second-order valence-corrected chi connectivity index (χ2v) is 6.27. The molecule has 0 saturated heterocycles. The van der Waals surface area contributed by atoms with E-state index in [-0.39, 0.29) is 29.3 Å². The Morgan fingerprint density at radius 3 is 2.26 bits per heavy atom. The Hall–Kier alpha value is -3.09. The lowest BCUT2D eigenvalue weighted by atomic mass is 9.99. The third-order valence-electron chi connectivity index (χ3n) is 4.29. The summed E-state index contributed by atoms with van der Waals surface area (Å²) in [7, 11) is 1.42. The molecule has 0 atom stereocenters. The number of carbonyl (C=O) groups is 1. The molecule has 7 nitrogen and oxygen atoms in total. The normalized spacial score (nSPS) is 10.4. The van der Waals surface area contributed by atoms with Gasteiger partial charge in [-0.25, -0.2) is 0 Å². The van der Waals surface area contributed by atoms with E-state index in [0.717, 1.165) is 22.3 Å². The summed E-state index contributed by atoms with van der Waals surface area (Å²) >= 11 is 0. The first kappa shape index (κ1) is 20.2. The first-order chi connectivity index (χ1) is 12.8. The number of nitrogens with zero attached hydrogens (tertiary/aromatic N) is 1. The smallest absolute Gasteiger partial charge is 0.286 e. The fourth-order valence-electron chi connectivity index (χ4n) is 3.06. The molecule has 0 fully saturated rings. The Labute approximate surface area is 158 Å². The molecule has 2 aromatic carbocycles. The molecule has 0 radical (unpaired) electrons. The summed E-state index contributed by atoms with van der Waals surface area (Å²) in [5.41, 5.74) is 3.87. The standard InChI is InChI=1S/C20H24N2O5/c1-6-27-19-10-17(22(24)25)15(9-18(19)26-5)20(23)21-11-16-13(3)7-12(2)8-14(16)4/h7-10H,6,11H2,1-5H3,(H,21,23). The molecule has 0 aromatic heterocycles. The number of hydrogen-bond acceptors (Lipinski definition) is 5. The molecule has 0 unspecified atom stereocenters. The van der Waals surface area contributed by atoms with Gasteiger partial charge < -0.3 is 14.8 Å². The van der Waals surface area contributed by atoms with Gasteiger partial charge in [-0.05, 0) is 44.4 Å². The molecular weight excluding hydrogens is 348 g/mol. The van der Waals surface area contributed by atoms with Gasteiger partial charge in [0.2, 0.25) is 0 Å². The molecule has 0 aliphatic heterocycles. The van der Waals surface area contributed by atoms with E-state index in [1.165, 1.54) is 19.2 Å². The number of benzene rings is 2. The molecule has 1 amide bonds. The Bertz CT molecular complexity index is 854. The monoisotopic (exact) mass is 372 g/mol. The van der Waals surface area contributed by atoms with Crippen LogP contribution in [0.25, 0.3) is 0 Å². The molecule has 0 bridgehead atoms. The van der Waals surface area contributed by atoms with Crippen molar-refractivity contribution < 1.29 is 19.2 Å². The van der Waals surface area contributed by atoms with Crippen molar-refractivity contribution in [1.82, 2.24) is 5.32 Å². The molecule has 0 aliphatic rings. The van der Waals surface area contributed by atoms with Crippen LogP contribution in [-0.4, -0.2) is 24.5 Å². The molecule has 0 heterocycles. The summed E-state index contributed by atoms with van der Waals surface area (Å²) in [5, 5.41) is 14.2. The van der Waals surface area contributed by atoms with Gasteiger partial charge in [0, 0.05) is 12.6 Å². The summed E-state index contributed by atoms with van der Waals surface area (Å²) in [6, 6.07) is 6.64. The minimum Gasteiger partial charge on any atom is -0.493 e. The minimum absolute atomic E-state index is 0.0669. The zero-order valence-electron chi connectivity index (χ0n) is 16.2. The van der Waals surface area contributed by atoms with Gasteiger partial charge in [0.15, 0.2) is 11.5 Å². The lowest BCUT2D eigenvalue weighted by molar-refractivity contribution is -0.385. The Morgan fingerprint density at radius 1 is 1.11 bits per heavy atom. The SMILES string of the molecule is CCOc1cc([N+](=O)[O-])c(C(=O)NCc2c(C)cc(C)cc2C)cc1OC. The number of methoxy groups -OCH3 is 1. The van der Waals surface area contributed by atoms with Crippen LogP contribution in [-0.2, 0) is 6.54 Å². The van der Waals surface area contributed by atoms with Crippen molar-refractivity contribution in [2.75, 3.05) is 13.7 Å². The zero-order valence-corrected chi connectivity index (χ0v) is 16.2. The average Bonchev–Trinajstić information content (AvgIpc) is 2.60. The molecular formula is C20H24N2O5. The Balaban J connectivity index is 2.34. The zero-order chi connectivity index (χ0) is 20.1. The molecule has 1 N–H and O–H groups in total. The van der Waals surface area contributed by atoms with Gasteiger partial charge in [0.05, 0.1) is 24.7 Å². The number of carbonyl (C=O) groups excluding carboxylic acids is 1.